The molecule has 0 aliphatic rings. The summed E-state index contributed by atoms with van der Waals surface area (Å²) in [6.45, 7) is 0. The second-order valence-corrected chi connectivity index (χ2v) is 17.9. The molecular formula is C61H38N6S. The first-order chi connectivity index (χ1) is 33.7. The Morgan fingerprint density at radius 2 is 0.809 bits per heavy atom. The van der Waals surface area contributed by atoms with Gasteiger partial charge in [-0.2, -0.15) is 0 Å². The first kappa shape index (κ1) is 39.5. The average Bonchev–Trinajstić information content (AvgIpc) is 3.97. The minimum atomic E-state index is 0.647. The molecule has 0 unspecified atom stereocenters. The van der Waals surface area contributed by atoms with Crippen molar-refractivity contribution in [2.24, 2.45) is 0 Å². The van der Waals surface area contributed by atoms with Crippen molar-refractivity contribution < 1.29 is 0 Å². The molecule has 318 valence electrons. The minimum Gasteiger partial charge on any atom is -0.309 e. The predicted molar refractivity (Wildman–Crippen MR) is 281 cm³/mol. The Hall–Kier alpha value is -8.91. The van der Waals surface area contributed by atoms with E-state index in [1.54, 1.807) is 11.3 Å². The largest absolute Gasteiger partial charge is 0.309 e. The zero-order valence-corrected chi connectivity index (χ0v) is 37.3. The first-order valence-electron chi connectivity index (χ1n) is 22.7. The monoisotopic (exact) mass is 886 g/mol. The SMILES string of the molecule is c1ccc(-c2cc(-c3ccccc3)nc(-c3cccc(-n4c5ccccc5c5cc(-c6ccc7sc8cccc(-c9nc(-c%10ccccc%10)nc(-c%10ccccc%10)n9)c8c7c6)ccc54)c3)n2)cc1. The van der Waals surface area contributed by atoms with E-state index >= 15 is 0 Å². The van der Waals surface area contributed by atoms with Crippen LogP contribution >= 0.6 is 11.3 Å². The van der Waals surface area contributed by atoms with Gasteiger partial charge in [0.05, 0.1) is 22.4 Å². The molecule has 68 heavy (non-hydrogen) atoms. The quantitative estimate of drug-likeness (QED) is 0.152. The van der Waals surface area contributed by atoms with Crippen molar-refractivity contribution in [3.05, 3.63) is 231 Å². The fourth-order valence-corrected chi connectivity index (χ4v) is 10.5. The summed E-state index contributed by atoms with van der Waals surface area (Å²) in [6.07, 6.45) is 0. The van der Waals surface area contributed by atoms with Crippen LogP contribution in [0.3, 0.4) is 0 Å². The van der Waals surface area contributed by atoms with E-state index in [2.05, 4.69) is 162 Å². The van der Waals surface area contributed by atoms with Crippen LogP contribution in [0.1, 0.15) is 0 Å². The maximum absolute atomic E-state index is 5.15. The third kappa shape index (κ3) is 7.01. The van der Waals surface area contributed by atoms with Crippen LogP contribution in [0, 0.1) is 0 Å². The highest BCUT2D eigenvalue weighted by atomic mass is 32.1. The van der Waals surface area contributed by atoms with E-state index in [1.807, 2.05) is 72.8 Å². The van der Waals surface area contributed by atoms with Gasteiger partial charge in [0, 0.05) is 70.0 Å². The maximum Gasteiger partial charge on any atom is 0.164 e. The van der Waals surface area contributed by atoms with Gasteiger partial charge in [-0.15, -0.1) is 11.3 Å². The van der Waals surface area contributed by atoms with Gasteiger partial charge < -0.3 is 4.57 Å². The Morgan fingerprint density at radius 1 is 0.294 bits per heavy atom. The van der Waals surface area contributed by atoms with Gasteiger partial charge in [-0.1, -0.05) is 176 Å². The van der Waals surface area contributed by atoms with E-state index in [0.29, 0.717) is 23.3 Å². The van der Waals surface area contributed by atoms with Gasteiger partial charge in [-0.05, 0) is 65.7 Å². The van der Waals surface area contributed by atoms with Gasteiger partial charge >= 0.3 is 0 Å². The lowest BCUT2D eigenvalue weighted by molar-refractivity contribution is 1.08. The summed E-state index contributed by atoms with van der Waals surface area (Å²) in [5, 5.41) is 4.69. The van der Waals surface area contributed by atoms with E-state index in [1.165, 1.54) is 25.6 Å². The summed E-state index contributed by atoms with van der Waals surface area (Å²) in [5.41, 5.74) is 13.3. The number of rotatable bonds is 8. The minimum absolute atomic E-state index is 0.647. The van der Waals surface area contributed by atoms with Gasteiger partial charge in [0.25, 0.3) is 0 Å². The van der Waals surface area contributed by atoms with Crippen LogP contribution in [0.25, 0.3) is 127 Å². The molecule has 7 heteroatoms. The summed E-state index contributed by atoms with van der Waals surface area (Å²) in [7, 11) is 0. The van der Waals surface area contributed by atoms with Crippen LogP contribution in [0.2, 0.25) is 0 Å². The average molecular weight is 887 g/mol. The summed E-state index contributed by atoms with van der Waals surface area (Å²) in [5.74, 6) is 2.62. The lowest BCUT2D eigenvalue weighted by atomic mass is 9.99. The molecule has 6 nitrogen and oxygen atoms in total. The Labute approximate surface area is 396 Å². The third-order valence-corrected chi connectivity index (χ3v) is 13.8. The van der Waals surface area contributed by atoms with Crippen LogP contribution in [0.15, 0.2) is 231 Å². The topological polar surface area (TPSA) is 69.4 Å². The molecule has 0 N–H and O–H groups in total. The van der Waals surface area contributed by atoms with Crippen molar-refractivity contribution in [2.75, 3.05) is 0 Å². The van der Waals surface area contributed by atoms with E-state index < -0.39 is 0 Å². The molecule has 13 aromatic rings. The van der Waals surface area contributed by atoms with E-state index in [0.717, 1.165) is 78.0 Å². The van der Waals surface area contributed by atoms with E-state index in [-0.39, 0.29) is 0 Å². The molecule has 0 atom stereocenters. The molecule has 0 fully saturated rings. The van der Waals surface area contributed by atoms with Crippen LogP contribution in [-0.2, 0) is 0 Å². The lowest BCUT2D eigenvalue weighted by Crippen LogP contribution is -2.00. The second-order valence-electron chi connectivity index (χ2n) is 16.9. The highest BCUT2D eigenvalue weighted by Crippen LogP contribution is 2.43. The lowest BCUT2D eigenvalue weighted by Gasteiger charge is -2.12. The summed E-state index contributed by atoms with van der Waals surface area (Å²) < 4.78 is 4.76. The van der Waals surface area contributed by atoms with Crippen LogP contribution in [-0.4, -0.2) is 29.5 Å². The van der Waals surface area contributed by atoms with Gasteiger partial charge in [-0.3, -0.25) is 0 Å². The number of hydrogen-bond donors (Lipinski definition) is 0. The summed E-state index contributed by atoms with van der Waals surface area (Å²) in [6, 6.07) is 80.5. The molecule has 4 aromatic heterocycles. The van der Waals surface area contributed by atoms with E-state index in [9.17, 15) is 0 Å². The Kier molecular flexibility index (Phi) is 9.58. The van der Waals surface area contributed by atoms with Crippen LogP contribution in [0.4, 0.5) is 0 Å². The predicted octanol–water partition coefficient (Wildman–Crippen LogP) is 15.8. The summed E-state index contributed by atoms with van der Waals surface area (Å²) in [4.78, 5) is 25.5. The molecule has 0 aliphatic carbocycles. The van der Waals surface area contributed by atoms with Crippen molar-refractivity contribution in [1.29, 1.82) is 0 Å². The number of fused-ring (bicyclic) bond motifs is 6. The molecule has 0 spiro atoms. The van der Waals surface area contributed by atoms with Crippen molar-refractivity contribution in [1.82, 2.24) is 29.5 Å². The molecule has 0 radical (unpaired) electrons. The number of para-hydroxylation sites is 1. The number of thiophene rings is 1. The normalized spacial score (nSPS) is 11.5. The molecule has 9 aromatic carbocycles. The molecule has 0 bridgehead atoms. The van der Waals surface area contributed by atoms with Crippen molar-refractivity contribution in [2.45, 2.75) is 0 Å². The van der Waals surface area contributed by atoms with Gasteiger partial charge in [0.1, 0.15) is 0 Å². The Bertz CT molecular complexity index is 3900. The van der Waals surface area contributed by atoms with Crippen LogP contribution < -0.4 is 0 Å². The molecule has 13 rings (SSSR count). The Morgan fingerprint density at radius 3 is 1.47 bits per heavy atom. The summed E-state index contributed by atoms with van der Waals surface area (Å²) >= 11 is 1.80. The van der Waals surface area contributed by atoms with Crippen molar-refractivity contribution in [3.63, 3.8) is 0 Å². The third-order valence-electron chi connectivity index (χ3n) is 12.7. The zero-order valence-electron chi connectivity index (χ0n) is 36.5. The van der Waals surface area contributed by atoms with Crippen LogP contribution in [0.5, 0.6) is 0 Å². The number of hydrogen-bond acceptors (Lipinski definition) is 6. The molecular weight excluding hydrogens is 849 g/mol. The van der Waals surface area contributed by atoms with E-state index in [4.69, 9.17) is 24.9 Å². The zero-order chi connectivity index (χ0) is 45.0. The maximum atomic E-state index is 5.15. The van der Waals surface area contributed by atoms with Gasteiger partial charge in [-0.25, -0.2) is 24.9 Å². The van der Waals surface area contributed by atoms with Gasteiger partial charge in [0.2, 0.25) is 0 Å². The molecule has 0 aliphatic heterocycles. The highest BCUT2D eigenvalue weighted by Gasteiger charge is 2.19. The highest BCUT2D eigenvalue weighted by molar-refractivity contribution is 7.26. The molecule has 0 amide bonds. The van der Waals surface area contributed by atoms with Gasteiger partial charge in [0.15, 0.2) is 23.3 Å². The number of nitrogens with zero attached hydrogens (tertiary/aromatic N) is 6. The van der Waals surface area contributed by atoms with Crippen molar-refractivity contribution >= 4 is 53.3 Å². The molecule has 0 saturated heterocycles. The number of benzene rings is 9. The van der Waals surface area contributed by atoms with Crippen molar-refractivity contribution in [3.8, 4) is 84.9 Å². The fourth-order valence-electron chi connectivity index (χ4n) is 9.43. The standard InChI is InChI=1S/C61H38N6S/c1-5-17-39(18-6-1)51-38-52(40-19-7-2-8-20-40)63-60(62-51)45-25-15-26-46(35-45)67-53-29-14-13-27-47(53)49-36-43(31-33-54(49)67)44-32-34-55-50(37-44)57-48(28-16-30-56(57)68-55)61-65-58(41-21-9-3-10-22-41)64-59(66-61)42-23-11-4-12-24-42/h1-38H. The fraction of sp³-hybridized carbons (Fsp3) is 0. The molecule has 4 heterocycles. The Balaban J connectivity index is 0.927. The second kappa shape index (κ2) is 16.5. The smallest absolute Gasteiger partial charge is 0.164 e. The molecule has 0 saturated carbocycles. The first-order valence-corrected chi connectivity index (χ1v) is 23.5. The number of aromatic nitrogens is 6.